The van der Waals surface area contributed by atoms with Crippen LogP contribution in [-0.2, 0) is 4.79 Å². The van der Waals surface area contributed by atoms with Crippen LogP contribution in [0.5, 0.6) is 5.75 Å². The molecule has 2 aromatic carbocycles. The third-order valence-electron chi connectivity index (χ3n) is 4.10. The number of benzene rings is 2. The fourth-order valence-electron chi connectivity index (χ4n) is 2.73. The highest BCUT2D eigenvalue weighted by Gasteiger charge is 2.15. The summed E-state index contributed by atoms with van der Waals surface area (Å²) in [5.41, 5.74) is 0.523. The molecule has 3 rings (SSSR count). The van der Waals surface area contributed by atoms with Crippen molar-refractivity contribution in [2.24, 2.45) is 0 Å². The van der Waals surface area contributed by atoms with Crippen molar-refractivity contribution >= 4 is 34.2 Å². The Morgan fingerprint density at radius 3 is 2.61 bits per heavy atom. The van der Waals surface area contributed by atoms with E-state index in [1.54, 1.807) is 42.5 Å². The molecule has 0 saturated carbocycles. The highest BCUT2D eigenvalue weighted by atomic mass is 16.5. The summed E-state index contributed by atoms with van der Waals surface area (Å²) < 4.78 is 10.5. The summed E-state index contributed by atoms with van der Waals surface area (Å²) in [6.07, 6.45) is 1.13. The lowest BCUT2D eigenvalue weighted by Gasteiger charge is -2.12. The summed E-state index contributed by atoms with van der Waals surface area (Å²) in [5, 5.41) is 6.07. The third-order valence-corrected chi connectivity index (χ3v) is 4.10. The Labute approximate surface area is 161 Å². The second-order valence-corrected chi connectivity index (χ2v) is 6.15. The molecule has 0 saturated heterocycles. The van der Waals surface area contributed by atoms with Crippen LogP contribution < -0.4 is 21.0 Å². The molecule has 0 aliphatic rings. The summed E-state index contributed by atoms with van der Waals surface area (Å²) >= 11 is 0. The van der Waals surface area contributed by atoms with Gasteiger partial charge in [0.05, 0.1) is 12.8 Å². The van der Waals surface area contributed by atoms with Gasteiger partial charge in [0.2, 0.25) is 5.91 Å². The molecular weight excluding hydrogens is 360 g/mol. The van der Waals surface area contributed by atoms with Crippen molar-refractivity contribution < 1.29 is 18.7 Å². The molecule has 0 radical (unpaired) electrons. The number of para-hydroxylation sites is 1. The van der Waals surface area contributed by atoms with Crippen LogP contribution in [0.4, 0.5) is 11.4 Å². The molecule has 0 aliphatic heterocycles. The van der Waals surface area contributed by atoms with Crippen molar-refractivity contribution in [3.63, 3.8) is 0 Å². The first-order chi connectivity index (χ1) is 13.5. The van der Waals surface area contributed by atoms with Gasteiger partial charge in [-0.1, -0.05) is 25.1 Å². The molecule has 2 N–H and O–H groups in total. The quantitative estimate of drug-likeness (QED) is 0.634. The zero-order valence-corrected chi connectivity index (χ0v) is 15.6. The van der Waals surface area contributed by atoms with Gasteiger partial charge in [0, 0.05) is 23.6 Å². The van der Waals surface area contributed by atoms with E-state index >= 15 is 0 Å². The van der Waals surface area contributed by atoms with Crippen molar-refractivity contribution in [1.82, 2.24) is 0 Å². The second kappa shape index (κ2) is 8.39. The number of methoxy groups -OCH3 is 1. The molecule has 1 heterocycles. The summed E-state index contributed by atoms with van der Waals surface area (Å²) in [6, 6.07) is 13.3. The third kappa shape index (κ3) is 4.20. The zero-order chi connectivity index (χ0) is 20.1. The van der Waals surface area contributed by atoms with Gasteiger partial charge in [-0.3, -0.25) is 9.59 Å². The molecule has 7 heteroatoms. The van der Waals surface area contributed by atoms with E-state index in [2.05, 4.69) is 10.6 Å². The minimum Gasteiger partial charge on any atom is -0.494 e. The maximum absolute atomic E-state index is 12.5. The molecule has 0 aliphatic carbocycles. The minimum absolute atomic E-state index is 0.0991. The van der Waals surface area contributed by atoms with Gasteiger partial charge in [-0.05, 0) is 30.7 Å². The van der Waals surface area contributed by atoms with E-state index in [0.717, 1.165) is 6.42 Å². The number of carbonyl (C=O) groups excluding carboxylic acids is 2. The lowest BCUT2D eigenvalue weighted by atomic mass is 10.1. The summed E-state index contributed by atoms with van der Waals surface area (Å²) in [7, 11) is 1.47. The average molecular weight is 380 g/mol. The monoisotopic (exact) mass is 380 g/mol. The number of hydrogen-bond acceptors (Lipinski definition) is 5. The first kappa shape index (κ1) is 19.2. The largest absolute Gasteiger partial charge is 0.494 e. The summed E-state index contributed by atoms with van der Waals surface area (Å²) in [5.74, 6) is -0.316. The van der Waals surface area contributed by atoms with Crippen LogP contribution in [-0.4, -0.2) is 18.9 Å². The number of hydrogen-bond donors (Lipinski definition) is 2. The van der Waals surface area contributed by atoms with Crippen molar-refractivity contribution in [2.45, 2.75) is 19.8 Å². The number of ether oxygens (including phenoxy) is 1. The van der Waals surface area contributed by atoms with Crippen LogP contribution in [0, 0.1) is 0 Å². The summed E-state index contributed by atoms with van der Waals surface area (Å²) in [4.78, 5) is 36.5. The minimum atomic E-state index is -0.716. The van der Waals surface area contributed by atoms with Gasteiger partial charge in [-0.2, -0.15) is 0 Å². The predicted octanol–water partition coefficient (Wildman–Crippen LogP) is 3.79. The molecule has 7 nitrogen and oxygen atoms in total. The molecule has 144 valence electrons. The molecule has 2 amide bonds. The van der Waals surface area contributed by atoms with Crippen molar-refractivity contribution in [2.75, 3.05) is 17.7 Å². The number of anilines is 2. The Morgan fingerprint density at radius 1 is 1.07 bits per heavy atom. The SMILES string of the molecule is CCCC(=O)Nc1ccc(NC(=O)c2cc3ccccc3oc2=O)cc1OC. The topological polar surface area (TPSA) is 97.6 Å². The van der Waals surface area contributed by atoms with Gasteiger partial charge in [0.1, 0.15) is 16.9 Å². The number of rotatable bonds is 6. The van der Waals surface area contributed by atoms with E-state index in [-0.39, 0.29) is 11.5 Å². The molecule has 0 bridgehead atoms. The highest BCUT2D eigenvalue weighted by molar-refractivity contribution is 6.05. The van der Waals surface area contributed by atoms with E-state index in [1.165, 1.54) is 13.2 Å². The van der Waals surface area contributed by atoms with Crippen LogP contribution in [0.15, 0.2) is 57.7 Å². The van der Waals surface area contributed by atoms with Gasteiger partial charge in [-0.25, -0.2) is 4.79 Å². The zero-order valence-electron chi connectivity index (χ0n) is 15.6. The van der Waals surface area contributed by atoms with Crippen LogP contribution in [0.25, 0.3) is 11.0 Å². The Bertz CT molecular complexity index is 1090. The number of nitrogens with one attached hydrogen (secondary N) is 2. The standard InChI is InChI=1S/C21H20N2O5/c1-3-6-19(24)23-16-10-9-14(12-18(16)27-2)22-20(25)15-11-13-7-4-5-8-17(13)28-21(15)26/h4-5,7-12H,3,6H2,1-2H3,(H,22,25)(H,23,24). The molecule has 0 atom stereocenters. The fraction of sp³-hybridized carbons (Fsp3) is 0.190. The van der Waals surface area contributed by atoms with Crippen LogP contribution in [0.2, 0.25) is 0 Å². The van der Waals surface area contributed by atoms with Crippen molar-refractivity contribution in [3.05, 3.63) is 64.5 Å². The van der Waals surface area contributed by atoms with Crippen LogP contribution in [0.3, 0.4) is 0 Å². The van der Waals surface area contributed by atoms with Gasteiger partial charge < -0.3 is 19.8 Å². The average Bonchev–Trinajstić information content (AvgIpc) is 2.68. The molecule has 0 spiro atoms. The van der Waals surface area contributed by atoms with Crippen molar-refractivity contribution in [3.8, 4) is 5.75 Å². The van der Waals surface area contributed by atoms with Gasteiger partial charge in [-0.15, -0.1) is 0 Å². The predicted molar refractivity (Wildman–Crippen MR) is 107 cm³/mol. The number of carbonyl (C=O) groups is 2. The molecule has 0 fully saturated rings. The molecule has 3 aromatic rings. The van der Waals surface area contributed by atoms with E-state index in [1.807, 2.05) is 6.92 Å². The maximum atomic E-state index is 12.5. The van der Waals surface area contributed by atoms with Crippen molar-refractivity contribution in [1.29, 1.82) is 0 Å². The lowest BCUT2D eigenvalue weighted by molar-refractivity contribution is -0.116. The first-order valence-electron chi connectivity index (χ1n) is 8.84. The smallest absolute Gasteiger partial charge is 0.349 e. The molecular formula is C21H20N2O5. The van der Waals surface area contributed by atoms with Crippen LogP contribution >= 0.6 is 0 Å². The Kier molecular flexibility index (Phi) is 5.74. The van der Waals surface area contributed by atoms with E-state index in [9.17, 15) is 14.4 Å². The summed E-state index contributed by atoms with van der Waals surface area (Å²) in [6.45, 7) is 1.92. The normalized spacial score (nSPS) is 10.5. The Morgan fingerprint density at radius 2 is 1.86 bits per heavy atom. The highest BCUT2D eigenvalue weighted by Crippen LogP contribution is 2.28. The fourth-order valence-corrected chi connectivity index (χ4v) is 2.73. The number of amides is 2. The number of fused-ring (bicyclic) bond motifs is 1. The second-order valence-electron chi connectivity index (χ2n) is 6.15. The maximum Gasteiger partial charge on any atom is 0.349 e. The molecule has 1 aromatic heterocycles. The lowest BCUT2D eigenvalue weighted by Crippen LogP contribution is -2.20. The van der Waals surface area contributed by atoms with E-state index in [4.69, 9.17) is 9.15 Å². The van der Waals surface area contributed by atoms with Crippen LogP contribution in [0.1, 0.15) is 30.1 Å². The van der Waals surface area contributed by atoms with Gasteiger partial charge >= 0.3 is 5.63 Å². The Hall–Kier alpha value is -3.61. The first-order valence-corrected chi connectivity index (χ1v) is 8.84. The van der Waals surface area contributed by atoms with Gasteiger partial charge in [0.25, 0.3) is 5.91 Å². The Balaban J connectivity index is 1.83. The molecule has 28 heavy (non-hydrogen) atoms. The molecule has 0 unspecified atom stereocenters. The van der Waals surface area contributed by atoms with E-state index < -0.39 is 11.5 Å². The van der Waals surface area contributed by atoms with E-state index in [0.29, 0.717) is 34.5 Å². The van der Waals surface area contributed by atoms with Gasteiger partial charge in [0.15, 0.2) is 0 Å².